The smallest absolute Gasteiger partial charge is 0.310 e. The minimum absolute atomic E-state index is 0.186. The zero-order chi connectivity index (χ0) is 18.2. The van der Waals surface area contributed by atoms with Crippen LogP contribution in [0.3, 0.4) is 0 Å². The first-order valence-corrected chi connectivity index (χ1v) is 10.2. The van der Waals surface area contributed by atoms with Gasteiger partial charge in [-0.3, -0.25) is 4.79 Å². The lowest BCUT2D eigenvalue weighted by molar-refractivity contribution is -0.142. The van der Waals surface area contributed by atoms with Gasteiger partial charge in [0.2, 0.25) is 0 Å². The van der Waals surface area contributed by atoms with Gasteiger partial charge in [-0.1, -0.05) is 89.7 Å². The Morgan fingerprint density at radius 1 is 0.800 bits per heavy atom. The van der Waals surface area contributed by atoms with Crippen LogP contribution in [-0.4, -0.2) is 17.7 Å². The maximum atomic E-state index is 11.7. The molecule has 0 unspecified atom stereocenters. The summed E-state index contributed by atoms with van der Waals surface area (Å²) in [4.78, 5) is 11.7. The summed E-state index contributed by atoms with van der Waals surface area (Å²) >= 11 is 0. The Labute approximate surface area is 153 Å². The highest BCUT2D eigenvalue weighted by Crippen LogP contribution is 2.12. The molecule has 0 atom stereocenters. The van der Waals surface area contributed by atoms with Crippen molar-refractivity contribution in [1.29, 1.82) is 0 Å². The summed E-state index contributed by atoms with van der Waals surface area (Å²) < 4.78 is 5.27. The van der Waals surface area contributed by atoms with Crippen molar-refractivity contribution in [2.45, 2.75) is 90.4 Å². The van der Waals surface area contributed by atoms with Gasteiger partial charge in [0, 0.05) is 0 Å². The first kappa shape index (κ1) is 21.5. The van der Waals surface area contributed by atoms with E-state index < -0.39 is 0 Å². The van der Waals surface area contributed by atoms with Gasteiger partial charge < -0.3 is 9.84 Å². The van der Waals surface area contributed by atoms with Crippen LogP contribution in [-0.2, 0) is 16.0 Å². The maximum Gasteiger partial charge on any atom is 0.310 e. The molecule has 142 valence electrons. The van der Waals surface area contributed by atoms with Gasteiger partial charge in [-0.05, 0) is 24.1 Å². The predicted octanol–water partition coefficient (Wildman–Crippen LogP) is 6.18. The molecule has 0 aliphatic carbocycles. The summed E-state index contributed by atoms with van der Waals surface area (Å²) in [5.41, 5.74) is 0.873. The summed E-state index contributed by atoms with van der Waals surface area (Å²) in [5, 5.41) is 9.21. The van der Waals surface area contributed by atoms with E-state index in [1.807, 2.05) is 0 Å². The van der Waals surface area contributed by atoms with Crippen LogP contribution < -0.4 is 0 Å². The average Bonchev–Trinajstić information content (AvgIpc) is 2.61. The molecule has 1 aromatic rings. The molecule has 0 aliphatic heterocycles. The Balaban J connectivity index is 1.85. The molecule has 0 amide bonds. The number of unbranched alkanes of at least 4 members (excludes halogenated alkanes) is 11. The van der Waals surface area contributed by atoms with Crippen molar-refractivity contribution < 1.29 is 14.6 Å². The van der Waals surface area contributed by atoms with Crippen LogP contribution in [0.15, 0.2) is 24.3 Å². The van der Waals surface area contributed by atoms with E-state index in [0.29, 0.717) is 6.61 Å². The van der Waals surface area contributed by atoms with Crippen molar-refractivity contribution >= 4 is 5.97 Å². The maximum absolute atomic E-state index is 11.7. The van der Waals surface area contributed by atoms with E-state index in [-0.39, 0.29) is 18.1 Å². The number of esters is 1. The van der Waals surface area contributed by atoms with Gasteiger partial charge >= 0.3 is 5.97 Å². The van der Waals surface area contributed by atoms with Crippen LogP contribution in [0, 0.1) is 0 Å². The van der Waals surface area contributed by atoms with E-state index in [9.17, 15) is 9.90 Å². The Kier molecular flexibility index (Phi) is 12.7. The molecule has 3 nitrogen and oxygen atoms in total. The molecule has 3 heteroatoms. The van der Waals surface area contributed by atoms with Crippen LogP contribution in [0.25, 0.3) is 0 Å². The summed E-state index contributed by atoms with van der Waals surface area (Å²) in [6.07, 6.45) is 15.9. The topological polar surface area (TPSA) is 46.5 Å². The first-order chi connectivity index (χ1) is 12.2. The van der Waals surface area contributed by atoms with E-state index in [1.54, 1.807) is 24.3 Å². The molecule has 0 fully saturated rings. The van der Waals surface area contributed by atoms with Crippen LogP contribution in [0.1, 0.15) is 89.5 Å². The highest BCUT2D eigenvalue weighted by atomic mass is 16.5. The highest BCUT2D eigenvalue weighted by Gasteiger charge is 2.04. The largest absolute Gasteiger partial charge is 0.508 e. The van der Waals surface area contributed by atoms with Gasteiger partial charge in [0.25, 0.3) is 0 Å². The molecule has 0 saturated carbocycles. The molecular weight excluding hydrogens is 312 g/mol. The molecule has 0 radical (unpaired) electrons. The molecule has 1 aromatic carbocycles. The third-order valence-corrected chi connectivity index (χ3v) is 4.55. The van der Waals surface area contributed by atoms with Crippen molar-refractivity contribution in [1.82, 2.24) is 0 Å². The number of carbonyl (C=O) groups excluding carboxylic acids is 1. The average molecular weight is 349 g/mol. The third kappa shape index (κ3) is 12.5. The lowest BCUT2D eigenvalue weighted by Gasteiger charge is -2.05. The Morgan fingerprint density at radius 2 is 1.28 bits per heavy atom. The third-order valence-electron chi connectivity index (χ3n) is 4.55. The molecule has 25 heavy (non-hydrogen) atoms. The summed E-state index contributed by atoms with van der Waals surface area (Å²) in [6.45, 7) is 2.78. The van der Waals surface area contributed by atoms with Crippen molar-refractivity contribution in [3.8, 4) is 5.75 Å². The second kappa shape index (κ2) is 14.8. The Bertz CT molecular complexity index is 439. The number of phenols is 1. The number of hydrogen-bond donors (Lipinski definition) is 1. The number of benzene rings is 1. The van der Waals surface area contributed by atoms with E-state index in [2.05, 4.69) is 6.92 Å². The molecule has 0 heterocycles. The van der Waals surface area contributed by atoms with E-state index in [1.165, 1.54) is 64.2 Å². The van der Waals surface area contributed by atoms with Crippen LogP contribution >= 0.6 is 0 Å². The number of carbonyl (C=O) groups is 1. The Hall–Kier alpha value is -1.51. The number of ether oxygens (including phenoxy) is 1. The molecule has 0 saturated heterocycles. The predicted molar refractivity (Wildman–Crippen MR) is 104 cm³/mol. The minimum Gasteiger partial charge on any atom is -0.508 e. The van der Waals surface area contributed by atoms with Crippen LogP contribution in [0.5, 0.6) is 5.75 Å². The first-order valence-electron chi connectivity index (χ1n) is 10.2. The van der Waals surface area contributed by atoms with Crippen molar-refractivity contribution in [3.63, 3.8) is 0 Å². The van der Waals surface area contributed by atoms with Crippen molar-refractivity contribution in [2.75, 3.05) is 6.61 Å². The Morgan fingerprint density at radius 3 is 1.80 bits per heavy atom. The fraction of sp³-hybridized carbons (Fsp3) is 0.682. The summed E-state index contributed by atoms with van der Waals surface area (Å²) in [6, 6.07) is 6.68. The molecule has 0 bridgehead atoms. The fourth-order valence-corrected chi connectivity index (χ4v) is 2.96. The molecule has 0 aromatic heterocycles. The van der Waals surface area contributed by atoms with E-state index in [0.717, 1.165) is 18.4 Å². The number of aromatic hydroxyl groups is 1. The van der Waals surface area contributed by atoms with Crippen molar-refractivity contribution in [3.05, 3.63) is 29.8 Å². The lowest BCUT2D eigenvalue weighted by atomic mass is 10.1. The van der Waals surface area contributed by atoms with Gasteiger partial charge in [-0.2, -0.15) is 0 Å². The lowest BCUT2D eigenvalue weighted by Crippen LogP contribution is -2.09. The number of rotatable bonds is 15. The monoisotopic (exact) mass is 348 g/mol. The van der Waals surface area contributed by atoms with E-state index >= 15 is 0 Å². The SMILES string of the molecule is CCCCCCCCCCCCCCOC(=O)Cc1ccc(O)cc1. The minimum atomic E-state index is -0.186. The normalized spacial score (nSPS) is 10.8. The summed E-state index contributed by atoms with van der Waals surface area (Å²) in [5.74, 6) is 0.0300. The standard InChI is InChI=1S/C22H36O3/c1-2-3-4-5-6-7-8-9-10-11-12-13-18-25-22(24)19-20-14-16-21(23)17-15-20/h14-17,23H,2-13,18-19H2,1H3. The zero-order valence-corrected chi connectivity index (χ0v) is 16.0. The second-order valence-corrected chi connectivity index (χ2v) is 6.95. The van der Waals surface area contributed by atoms with Gasteiger partial charge in [0.15, 0.2) is 0 Å². The van der Waals surface area contributed by atoms with Gasteiger partial charge in [0.1, 0.15) is 5.75 Å². The molecule has 1 N–H and O–H groups in total. The van der Waals surface area contributed by atoms with Crippen LogP contribution in [0.2, 0.25) is 0 Å². The van der Waals surface area contributed by atoms with Gasteiger partial charge in [-0.25, -0.2) is 0 Å². The van der Waals surface area contributed by atoms with Crippen LogP contribution in [0.4, 0.5) is 0 Å². The fourth-order valence-electron chi connectivity index (χ4n) is 2.96. The molecule has 0 spiro atoms. The summed E-state index contributed by atoms with van der Waals surface area (Å²) in [7, 11) is 0. The molecular formula is C22H36O3. The zero-order valence-electron chi connectivity index (χ0n) is 16.0. The highest BCUT2D eigenvalue weighted by molar-refractivity contribution is 5.72. The van der Waals surface area contributed by atoms with E-state index in [4.69, 9.17) is 4.74 Å². The second-order valence-electron chi connectivity index (χ2n) is 6.95. The quantitative estimate of drug-likeness (QED) is 0.304. The molecule has 0 aliphatic rings. The number of hydrogen-bond acceptors (Lipinski definition) is 3. The number of phenolic OH excluding ortho intramolecular Hbond substituents is 1. The van der Waals surface area contributed by atoms with Gasteiger partial charge in [0.05, 0.1) is 13.0 Å². The van der Waals surface area contributed by atoms with Gasteiger partial charge in [-0.15, -0.1) is 0 Å². The molecule has 1 rings (SSSR count). The van der Waals surface area contributed by atoms with Crippen molar-refractivity contribution in [2.24, 2.45) is 0 Å².